The standard InChI is InChI=1S/C21H20FN3O2/c1-3-10-25-20(13-6-4-5-7-15(13)22)17-18(23-24-19(17)21(25)27)14-11-12(2)8-9-16(14)26/h4-9,11,20,26H,3,10H2,1-2H3,(H,23,24)/t20-/m0/s1. The first-order valence-electron chi connectivity index (χ1n) is 8.96. The molecule has 4 rings (SSSR count). The molecule has 0 fully saturated rings. The number of rotatable bonds is 4. The van der Waals surface area contributed by atoms with Gasteiger partial charge in [0.15, 0.2) is 0 Å². The zero-order valence-electron chi connectivity index (χ0n) is 15.2. The zero-order chi connectivity index (χ0) is 19.1. The van der Waals surface area contributed by atoms with E-state index in [0.717, 1.165) is 12.0 Å². The third kappa shape index (κ3) is 2.68. The lowest BCUT2D eigenvalue weighted by Crippen LogP contribution is -2.30. The van der Waals surface area contributed by atoms with Crippen LogP contribution in [0, 0.1) is 12.7 Å². The summed E-state index contributed by atoms with van der Waals surface area (Å²) in [4.78, 5) is 14.6. The lowest BCUT2D eigenvalue weighted by atomic mass is 9.94. The number of hydrogen-bond donors (Lipinski definition) is 2. The van der Waals surface area contributed by atoms with Crippen LogP contribution >= 0.6 is 0 Å². The second-order valence-corrected chi connectivity index (χ2v) is 6.80. The highest BCUT2D eigenvalue weighted by Gasteiger charge is 2.43. The van der Waals surface area contributed by atoms with Gasteiger partial charge < -0.3 is 10.0 Å². The Morgan fingerprint density at radius 3 is 2.78 bits per heavy atom. The highest BCUT2D eigenvalue weighted by atomic mass is 19.1. The van der Waals surface area contributed by atoms with Gasteiger partial charge in [-0.25, -0.2) is 4.39 Å². The van der Waals surface area contributed by atoms with Crippen LogP contribution in [0.25, 0.3) is 11.3 Å². The normalized spacial score (nSPS) is 16.0. The minimum Gasteiger partial charge on any atom is -0.507 e. The summed E-state index contributed by atoms with van der Waals surface area (Å²) in [6.45, 7) is 4.39. The summed E-state index contributed by atoms with van der Waals surface area (Å²) in [5, 5.41) is 17.5. The van der Waals surface area contributed by atoms with Crippen LogP contribution in [-0.4, -0.2) is 32.7 Å². The van der Waals surface area contributed by atoms with Crippen molar-refractivity contribution in [1.82, 2.24) is 15.1 Å². The maximum atomic E-state index is 14.6. The van der Waals surface area contributed by atoms with Crippen LogP contribution in [0.15, 0.2) is 42.5 Å². The van der Waals surface area contributed by atoms with Gasteiger partial charge >= 0.3 is 0 Å². The minimum absolute atomic E-state index is 0.0728. The fourth-order valence-electron chi connectivity index (χ4n) is 3.73. The molecule has 2 heterocycles. The van der Waals surface area contributed by atoms with Gasteiger partial charge in [0.1, 0.15) is 23.0 Å². The van der Waals surface area contributed by atoms with E-state index >= 15 is 0 Å². The number of aromatic hydroxyl groups is 1. The van der Waals surface area contributed by atoms with E-state index in [1.807, 2.05) is 19.9 Å². The molecule has 2 aromatic carbocycles. The van der Waals surface area contributed by atoms with Crippen molar-refractivity contribution >= 4 is 5.91 Å². The first kappa shape index (κ1) is 17.3. The highest BCUT2D eigenvalue weighted by molar-refractivity contribution is 6.00. The Balaban J connectivity index is 1.96. The Bertz CT molecular complexity index is 1030. The molecule has 2 N–H and O–H groups in total. The number of phenols is 1. The number of hydrogen-bond acceptors (Lipinski definition) is 3. The number of aromatic amines is 1. The number of halogens is 1. The van der Waals surface area contributed by atoms with Crippen molar-refractivity contribution in [3.63, 3.8) is 0 Å². The highest BCUT2D eigenvalue weighted by Crippen LogP contribution is 2.45. The van der Waals surface area contributed by atoms with Crippen LogP contribution < -0.4 is 0 Å². The molecular formula is C21H20FN3O2. The van der Waals surface area contributed by atoms with Crippen LogP contribution in [0.4, 0.5) is 4.39 Å². The number of H-pyrrole nitrogens is 1. The summed E-state index contributed by atoms with van der Waals surface area (Å²) in [6, 6.07) is 11.1. The number of carbonyl (C=O) groups excluding carboxylic acids is 1. The van der Waals surface area contributed by atoms with Crippen molar-refractivity contribution in [3.8, 4) is 17.0 Å². The summed E-state index contributed by atoms with van der Waals surface area (Å²) in [6.07, 6.45) is 0.749. The van der Waals surface area contributed by atoms with Crippen LogP contribution in [0.2, 0.25) is 0 Å². The van der Waals surface area contributed by atoms with E-state index in [2.05, 4.69) is 10.2 Å². The molecule has 3 aromatic rings. The first-order valence-corrected chi connectivity index (χ1v) is 8.96. The minimum atomic E-state index is -0.581. The number of benzene rings is 2. The molecular weight excluding hydrogens is 345 g/mol. The van der Waals surface area contributed by atoms with Crippen LogP contribution in [0.1, 0.15) is 46.6 Å². The van der Waals surface area contributed by atoms with Gasteiger partial charge in [-0.05, 0) is 31.5 Å². The van der Waals surface area contributed by atoms with Crippen molar-refractivity contribution in [2.45, 2.75) is 26.3 Å². The smallest absolute Gasteiger partial charge is 0.273 e. The summed E-state index contributed by atoms with van der Waals surface area (Å²) in [5.41, 5.74) is 3.35. The maximum Gasteiger partial charge on any atom is 0.273 e. The summed E-state index contributed by atoms with van der Waals surface area (Å²) in [5.74, 6) is -0.501. The quantitative estimate of drug-likeness (QED) is 0.729. The van der Waals surface area contributed by atoms with Crippen LogP contribution in [-0.2, 0) is 0 Å². The van der Waals surface area contributed by atoms with Crippen molar-refractivity contribution in [2.75, 3.05) is 6.54 Å². The molecule has 1 atom stereocenters. The second kappa shape index (κ2) is 6.54. The van der Waals surface area contributed by atoms with Gasteiger partial charge in [0, 0.05) is 23.2 Å². The third-order valence-corrected chi connectivity index (χ3v) is 4.94. The molecule has 1 aliphatic rings. The van der Waals surface area contributed by atoms with Gasteiger partial charge in [0.05, 0.1) is 6.04 Å². The summed E-state index contributed by atoms with van der Waals surface area (Å²) < 4.78 is 14.6. The Kier molecular flexibility index (Phi) is 4.18. The number of amides is 1. The van der Waals surface area contributed by atoms with Gasteiger partial charge in [-0.15, -0.1) is 0 Å². The molecule has 1 aromatic heterocycles. The number of phenolic OH excluding ortho intramolecular Hbond substituents is 1. The van der Waals surface area contributed by atoms with Gasteiger partial charge in [0.25, 0.3) is 5.91 Å². The first-order chi connectivity index (χ1) is 13.0. The van der Waals surface area contributed by atoms with E-state index < -0.39 is 6.04 Å². The van der Waals surface area contributed by atoms with Crippen molar-refractivity contribution in [3.05, 3.63) is 70.7 Å². The average molecular weight is 365 g/mol. The Morgan fingerprint density at radius 2 is 2.04 bits per heavy atom. The molecule has 138 valence electrons. The van der Waals surface area contributed by atoms with E-state index in [9.17, 15) is 14.3 Å². The van der Waals surface area contributed by atoms with Gasteiger partial charge in [0.2, 0.25) is 0 Å². The third-order valence-electron chi connectivity index (χ3n) is 4.94. The van der Waals surface area contributed by atoms with Gasteiger partial charge in [-0.1, -0.05) is 36.8 Å². The van der Waals surface area contributed by atoms with E-state index in [0.29, 0.717) is 34.6 Å². The second-order valence-electron chi connectivity index (χ2n) is 6.80. The SMILES string of the molecule is CCCN1C(=O)c2[nH]nc(-c3cc(C)ccc3O)c2[C@@H]1c1ccccc1F. The number of carbonyl (C=O) groups is 1. The maximum absolute atomic E-state index is 14.6. The largest absolute Gasteiger partial charge is 0.507 e. The van der Waals surface area contributed by atoms with Crippen LogP contribution in [0.5, 0.6) is 5.75 Å². The van der Waals surface area contributed by atoms with E-state index in [4.69, 9.17) is 0 Å². The van der Waals surface area contributed by atoms with Crippen LogP contribution in [0.3, 0.4) is 0 Å². The topological polar surface area (TPSA) is 69.2 Å². The fraction of sp³-hybridized carbons (Fsp3) is 0.238. The Hall–Kier alpha value is -3.15. The number of nitrogens with zero attached hydrogens (tertiary/aromatic N) is 2. The van der Waals surface area contributed by atoms with E-state index in [1.54, 1.807) is 35.2 Å². The molecule has 0 saturated carbocycles. The molecule has 0 aliphatic carbocycles. The molecule has 5 nitrogen and oxygen atoms in total. The van der Waals surface area contributed by atoms with Crippen molar-refractivity contribution in [2.24, 2.45) is 0 Å². The zero-order valence-corrected chi connectivity index (χ0v) is 15.2. The molecule has 27 heavy (non-hydrogen) atoms. The van der Waals surface area contributed by atoms with Gasteiger partial charge in [-0.2, -0.15) is 5.10 Å². The van der Waals surface area contributed by atoms with E-state index in [-0.39, 0.29) is 17.5 Å². The molecule has 0 bridgehead atoms. The number of aromatic nitrogens is 2. The van der Waals surface area contributed by atoms with Gasteiger partial charge in [-0.3, -0.25) is 9.89 Å². The summed E-state index contributed by atoms with van der Waals surface area (Å²) in [7, 11) is 0. The molecule has 0 radical (unpaired) electrons. The molecule has 0 saturated heterocycles. The van der Waals surface area contributed by atoms with Crippen molar-refractivity contribution < 1.29 is 14.3 Å². The average Bonchev–Trinajstić information content (AvgIpc) is 3.18. The number of nitrogens with one attached hydrogen (secondary N) is 1. The lowest BCUT2D eigenvalue weighted by Gasteiger charge is -2.26. The van der Waals surface area contributed by atoms with E-state index in [1.165, 1.54) is 6.07 Å². The lowest BCUT2D eigenvalue weighted by molar-refractivity contribution is 0.0742. The predicted octanol–water partition coefficient (Wildman–Crippen LogP) is 4.19. The predicted molar refractivity (Wildman–Crippen MR) is 100.0 cm³/mol. The summed E-state index contributed by atoms with van der Waals surface area (Å²) >= 11 is 0. The molecule has 1 amide bonds. The monoisotopic (exact) mass is 365 g/mol. The fourth-order valence-corrected chi connectivity index (χ4v) is 3.73. The molecule has 0 spiro atoms. The van der Waals surface area contributed by atoms with Crippen molar-refractivity contribution in [1.29, 1.82) is 0 Å². The Morgan fingerprint density at radius 1 is 1.26 bits per heavy atom. The number of aryl methyl sites for hydroxylation is 1. The molecule has 6 heteroatoms. The number of fused-ring (bicyclic) bond motifs is 1. The molecule has 1 aliphatic heterocycles. The molecule has 0 unspecified atom stereocenters. The Labute approximate surface area is 156 Å².